The van der Waals surface area contributed by atoms with Crippen molar-refractivity contribution in [2.24, 2.45) is 11.7 Å². The largest absolute Gasteiger partial charge is 0.355 e. The van der Waals surface area contributed by atoms with Crippen LogP contribution < -0.4 is 11.1 Å². The zero-order valence-corrected chi connectivity index (χ0v) is 18.9. The fourth-order valence-corrected chi connectivity index (χ4v) is 4.03. The van der Waals surface area contributed by atoms with Gasteiger partial charge in [-0.25, -0.2) is 0 Å². The van der Waals surface area contributed by atoms with Crippen LogP contribution in [0, 0.1) is 5.92 Å². The standard InChI is InChI=1S/C21H38N4O3.ClH/c1-17(2)16-19(27)25-14-12-24(13-15-25)18(26)8-4-3-7-11-23-20(28)21(22)9-5-6-10-21;/h17H,3-16,22H2,1-2H3,(H,23,28);1H. The maximum Gasteiger partial charge on any atom is 0.240 e. The van der Waals surface area contributed by atoms with Gasteiger partial charge in [0.25, 0.3) is 0 Å². The summed E-state index contributed by atoms with van der Waals surface area (Å²) in [6.07, 6.45) is 7.36. The van der Waals surface area contributed by atoms with Crippen LogP contribution in [-0.2, 0) is 14.4 Å². The zero-order chi connectivity index (χ0) is 20.6. The van der Waals surface area contributed by atoms with Crippen LogP contribution in [0.5, 0.6) is 0 Å². The quantitative estimate of drug-likeness (QED) is 0.547. The fourth-order valence-electron chi connectivity index (χ4n) is 4.03. The summed E-state index contributed by atoms with van der Waals surface area (Å²) in [5.74, 6) is 0.712. The average molecular weight is 431 g/mol. The second kappa shape index (κ2) is 12.4. The molecule has 0 aromatic heterocycles. The van der Waals surface area contributed by atoms with E-state index in [-0.39, 0.29) is 30.1 Å². The molecule has 1 aliphatic carbocycles. The van der Waals surface area contributed by atoms with Gasteiger partial charge in [-0.1, -0.05) is 33.1 Å². The molecule has 0 atom stereocenters. The van der Waals surface area contributed by atoms with E-state index in [0.29, 0.717) is 51.5 Å². The van der Waals surface area contributed by atoms with Crippen LogP contribution in [0.4, 0.5) is 0 Å². The number of nitrogens with zero attached hydrogens (tertiary/aromatic N) is 2. The Hall–Kier alpha value is -1.34. The lowest BCUT2D eigenvalue weighted by molar-refractivity contribution is -0.140. The Bertz CT molecular complexity index is 542. The number of piperazine rings is 1. The molecular formula is C21H39ClN4O3. The van der Waals surface area contributed by atoms with Crippen LogP contribution in [0.1, 0.15) is 71.6 Å². The molecule has 0 radical (unpaired) electrons. The summed E-state index contributed by atoms with van der Waals surface area (Å²) in [7, 11) is 0. The fraction of sp³-hybridized carbons (Fsp3) is 0.857. The Morgan fingerprint density at radius 2 is 1.48 bits per heavy atom. The summed E-state index contributed by atoms with van der Waals surface area (Å²) < 4.78 is 0. The van der Waals surface area contributed by atoms with Gasteiger partial charge in [-0.2, -0.15) is 0 Å². The molecule has 0 bridgehead atoms. The molecule has 29 heavy (non-hydrogen) atoms. The highest BCUT2D eigenvalue weighted by molar-refractivity contribution is 5.86. The number of nitrogens with two attached hydrogens (primary N) is 1. The smallest absolute Gasteiger partial charge is 0.240 e. The van der Waals surface area contributed by atoms with Crippen molar-refractivity contribution in [2.75, 3.05) is 32.7 Å². The molecule has 168 valence electrons. The van der Waals surface area contributed by atoms with Gasteiger partial charge in [0.15, 0.2) is 0 Å². The van der Waals surface area contributed by atoms with E-state index in [9.17, 15) is 14.4 Å². The maximum atomic E-state index is 12.3. The zero-order valence-electron chi connectivity index (χ0n) is 18.1. The normalized spacial score (nSPS) is 18.5. The Balaban J connectivity index is 0.00000420. The molecule has 1 aliphatic heterocycles. The van der Waals surface area contributed by atoms with Gasteiger partial charge < -0.3 is 20.9 Å². The van der Waals surface area contributed by atoms with Crippen LogP contribution in [-0.4, -0.2) is 65.8 Å². The second-order valence-corrected chi connectivity index (χ2v) is 8.79. The lowest BCUT2D eigenvalue weighted by atomic mass is 9.98. The highest BCUT2D eigenvalue weighted by Gasteiger charge is 2.36. The lowest BCUT2D eigenvalue weighted by Gasteiger charge is -2.35. The Morgan fingerprint density at radius 3 is 2.03 bits per heavy atom. The number of unbranched alkanes of at least 4 members (excludes halogenated alkanes) is 2. The van der Waals surface area contributed by atoms with E-state index in [2.05, 4.69) is 5.32 Å². The molecule has 0 unspecified atom stereocenters. The predicted octanol–water partition coefficient (Wildman–Crippen LogP) is 2.07. The first-order valence-electron chi connectivity index (χ1n) is 10.9. The minimum absolute atomic E-state index is 0. The molecule has 1 heterocycles. The van der Waals surface area contributed by atoms with Gasteiger partial charge in [-0.3, -0.25) is 14.4 Å². The van der Waals surface area contributed by atoms with Gasteiger partial charge >= 0.3 is 0 Å². The van der Waals surface area contributed by atoms with Gasteiger partial charge in [0.2, 0.25) is 17.7 Å². The summed E-state index contributed by atoms with van der Waals surface area (Å²) in [5, 5.41) is 2.95. The van der Waals surface area contributed by atoms with Crippen LogP contribution in [0.2, 0.25) is 0 Å². The van der Waals surface area contributed by atoms with E-state index in [4.69, 9.17) is 5.73 Å². The van der Waals surface area contributed by atoms with Gasteiger partial charge in [0.1, 0.15) is 0 Å². The summed E-state index contributed by atoms with van der Waals surface area (Å²) in [5.41, 5.74) is 5.47. The molecule has 0 aromatic rings. The van der Waals surface area contributed by atoms with Crippen molar-refractivity contribution in [1.29, 1.82) is 0 Å². The first-order chi connectivity index (χ1) is 13.3. The minimum Gasteiger partial charge on any atom is -0.355 e. The Morgan fingerprint density at radius 1 is 0.931 bits per heavy atom. The molecule has 3 amide bonds. The second-order valence-electron chi connectivity index (χ2n) is 8.79. The summed E-state index contributed by atoms with van der Waals surface area (Å²) >= 11 is 0. The number of carbonyl (C=O) groups is 3. The number of amides is 3. The summed E-state index contributed by atoms with van der Waals surface area (Å²) in [4.78, 5) is 40.3. The first-order valence-corrected chi connectivity index (χ1v) is 10.9. The van der Waals surface area contributed by atoms with Gasteiger partial charge in [-0.05, 0) is 31.6 Å². The van der Waals surface area contributed by atoms with Crippen molar-refractivity contribution < 1.29 is 14.4 Å². The molecule has 7 nitrogen and oxygen atoms in total. The minimum atomic E-state index is -0.658. The molecule has 0 aromatic carbocycles. The van der Waals surface area contributed by atoms with Crippen molar-refractivity contribution >= 4 is 30.1 Å². The van der Waals surface area contributed by atoms with E-state index in [0.717, 1.165) is 44.9 Å². The number of hydrogen-bond donors (Lipinski definition) is 2. The van der Waals surface area contributed by atoms with Crippen molar-refractivity contribution in [3.8, 4) is 0 Å². The van der Waals surface area contributed by atoms with Crippen molar-refractivity contribution in [2.45, 2.75) is 77.2 Å². The monoisotopic (exact) mass is 430 g/mol. The van der Waals surface area contributed by atoms with E-state index >= 15 is 0 Å². The molecular weight excluding hydrogens is 392 g/mol. The molecule has 8 heteroatoms. The molecule has 0 spiro atoms. The van der Waals surface area contributed by atoms with E-state index < -0.39 is 5.54 Å². The highest BCUT2D eigenvalue weighted by atomic mass is 35.5. The first kappa shape index (κ1) is 25.7. The van der Waals surface area contributed by atoms with E-state index in [1.165, 1.54) is 0 Å². The number of hydrogen-bond acceptors (Lipinski definition) is 4. The number of carbonyl (C=O) groups excluding carboxylic acids is 3. The third kappa shape index (κ3) is 8.13. The lowest BCUT2D eigenvalue weighted by Crippen LogP contribution is -2.52. The highest BCUT2D eigenvalue weighted by Crippen LogP contribution is 2.27. The summed E-state index contributed by atoms with van der Waals surface area (Å²) in [6, 6.07) is 0. The summed E-state index contributed by atoms with van der Waals surface area (Å²) in [6.45, 7) is 7.28. The molecule has 1 saturated carbocycles. The van der Waals surface area contributed by atoms with Crippen LogP contribution >= 0.6 is 12.4 Å². The maximum absolute atomic E-state index is 12.3. The molecule has 2 aliphatic rings. The van der Waals surface area contributed by atoms with Crippen LogP contribution in [0.25, 0.3) is 0 Å². The average Bonchev–Trinajstić information content (AvgIpc) is 3.11. The topological polar surface area (TPSA) is 95.7 Å². The van der Waals surface area contributed by atoms with Gasteiger partial charge in [0.05, 0.1) is 5.54 Å². The predicted molar refractivity (Wildman–Crippen MR) is 117 cm³/mol. The number of rotatable bonds is 9. The van der Waals surface area contributed by atoms with E-state index in [1.807, 2.05) is 23.6 Å². The van der Waals surface area contributed by atoms with Crippen LogP contribution in [0.15, 0.2) is 0 Å². The van der Waals surface area contributed by atoms with Crippen molar-refractivity contribution in [3.63, 3.8) is 0 Å². The van der Waals surface area contributed by atoms with Gasteiger partial charge in [-0.15, -0.1) is 12.4 Å². The van der Waals surface area contributed by atoms with Crippen molar-refractivity contribution in [3.05, 3.63) is 0 Å². The molecule has 1 saturated heterocycles. The number of halogens is 1. The van der Waals surface area contributed by atoms with Gasteiger partial charge in [0, 0.05) is 45.6 Å². The third-order valence-electron chi connectivity index (χ3n) is 5.87. The number of nitrogens with one attached hydrogen (secondary N) is 1. The van der Waals surface area contributed by atoms with Crippen molar-refractivity contribution in [1.82, 2.24) is 15.1 Å². The molecule has 3 N–H and O–H groups in total. The Kier molecular flexibility index (Phi) is 11.0. The SMILES string of the molecule is CC(C)CC(=O)N1CCN(C(=O)CCCCCNC(=O)C2(N)CCCC2)CC1.Cl. The third-order valence-corrected chi connectivity index (χ3v) is 5.87. The molecule has 2 rings (SSSR count). The van der Waals surface area contributed by atoms with Crippen LogP contribution in [0.3, 0.4) is 0 Å². The van der Waals surface area contributed by atoms with E-state index in [1.54, 1.807) is 0 Å². The molecule has 2 fully saturated rings. The Labute approximate surface area is 181 Å².